The molecule has 0 radical (unpaired) electrons. The van der Waals surface area contributed by atoms with Crippen molar-refractivity contribution in [3.8, 4) is 0 Å². The quantitative estimate of drug-likeness (QED) is 0.903. The molecule has 0 bridgehead atoms. The lowest BCUT2D eigenvalue weighted by molar-refractivity contribution is 0.204. The molecule has 0 amide bonds. The Bertz CT molecular complexity index is 324. The van der Waals surface area contributed by atoms with Gasteiger partial charge in [-0.25, -0.2) is 0 Å². The number of hydrogen-bond donors (Lipinski definition) is 1. The normalized spacial score (nSPS) is 10.8. The van der Waals surface area contributed by atoms with Crippen molar-refractivity contribution in [2.75, 3.05) is 30.9 Å². The zero-order valence-corrected chi connectivity index (χ0v) is 11.5. The number of rotatable bonds is 5. The fraction of sp³-hybridized carbons (Fsp3) is 0.545. The van der Waals surface area contributed by atoms with E-state index in [1.54, 1.807) is 19.5 Å². The van der Waals surface area contributed by atoms with E-state index in [9.17, 15) is 0 Å². The second-order valence-corrected chi connectivity index (χ2v) is 4.69. The van der Waals surface area contributed by atoms with Crippen LogP contribution in [0.5, 0.6) is 0 Å². The summed E-state index contributed by atoms with van der Waals surface area (Å²) in [6.45, 7) is 5.73. The number of methoxy groups -OCH3 is 1. The summed E-state index contributed by atoms with van der Waals surface area (Å²) in [6.07, 6.45) is 3.43. The van der Waals surface area contributed by atoms with Crippen LogP contribution >= 0.6 is 15.9 Å². The summed E-state index contributed by atoms with van der Waals surface area (Å²) in [5, 5.41) is 0. The third kappa shape index (κ3) is 3.09. The number of nitrogens with zero attached hydrogens (tertiary/aromatic N) is 2. The monoisotopic (exact) mass is 287 g/mol. The van der Waals surface area contributed by atoms with Crippen LogP contribution in [0.2, 0.25) is 0 Å². The molecule has 90 valence electrons. The van der Waals surface area contributed by atoms with Crippen molar-refractivity contribution in [2.45, 2.75) is 19.9 Å². The molecular weight excluding hydrogens is 270 g/mol. The molecule has 5 heteroatoms. The number of nitrogens with two attached hydrogens (primary N) is 1. The minimum absolute atomic E-state index is 0.358. The Hall–Kier alpha value is -0.810. The topological polar surface area (TPSA) is 51.4 Å². The van der Waals surface area contributed by atoms with E-state index < -0.39 is 0 Å². The molecule has 0 saturated heterocycles. The van der Waals surface area contributed by atoms with Crippen molar-refractivity contribution in [1.29, 1.82) is 0 Å². The van der Waals surface area contributed by atoms with Crippen LogP contribution in [0, 0.1) is 0 Å². The first kappa shape index (κ1) is 13.3. The van der Waals surface area contributed by atoms with Crippen molar-refractivity contribution in [1.82, 2.24) is 4.98 Å². The van der Waals surface area contributed by atoms with Gasteiger partial charge in [-0.3, -0.25) is 4.98 Å². The minimum atomic E-state index is 0.358. The first-order valence-corrected chi connectivity index (χ1v) is 6.01. The Labute approximate surface area is 105 Å². The fourth-order valence-electron chi connectivity index (χ4n) is 1.56. The van der Waals surface area contributed by atoms with E-state index in [0.717, 1.165) is 16.7 Å². The van der Waals surface area contributed by atoms with Gasteiger partial charge in [0.05, 0.1) is 28.7 Å². The maximum Gasteiger partial charge on any atom is 0.0779 e. The number of ether oxygens (including phenoxy) is 1. The number of nitrogen functional groups attached to an aromatic ring is 1. The van der Waals surface area contributed by atoms with Gasteiger partial charge in [-0.1, -0.05) is 0 Å². The first-order valence-electron chi connectivity index (χ1n) is 5.22. The van der Waals surface area contributed by atoms with E-state index in [1.807, 2.05) is 0 Å². The molecule has 0 spiro atoms. The molecule has 0 atom stereocenters. The van der Waals surface area contributed by atoms with E-state index in [1.165, 1.54) is 0 Å². The van der Waals surface area contributed by atoms with Gasteiger partial charge in [0.2, 0.25) is 0 Å². The zero-order valence-electron chi connectivity index (χ0n) is 9.90. The van der Waals surface area contributed by atoms with Gasteiger partial charge in [-0.05, 0) is 29.8 Å². The summed E-state index contributed by atoms with van der Waals surface area (Å²) >= 11 is 3.48. The molecule has 0 aliphatic carbocycles. The molecule has 2 N–H and O–H groups in total. The molecular formula is C11H18BrN3O. The summed E-state index contributed by atoms with van der Waals surface area (Å²) < 4.78 is 6.02. The highest BCUT2D eigenvalue weighted by Crippen LogP contribution is 2.32. The SMILES string of the molecule is COCCN(c1c(N)cncc1Br)C(C)C. The Morgan fingerprint density at radius 2 is 2.19 bits per heavy atom. The largest absolute Gasteiger partial charge is 0.396 e. The number of hydrogen-bond acceptors (Lipinski definition) is 4. The van der Waals surface area contributed by atoms with E-state index in [-0.39, 0.29) is 0 Å². The number of halogens is 1. The average Bonchev–Trinajstić information content (AvgIpc) is 2.21. The second kappa shape index (κ2) is 6.06. The van der Waals surface area contributed by atoms with Crippen molar-refractivity contribution < 1.29 is 4.74 Å². The van der Waals surface area contributed by atoms with Gasteiger partial charge < -0.3 is 15.4 Å². The van der Waals surface area contributed by atoms with E-state index in [0.29, 0.717) is 18.3 Å². The summed E-state index contributed by atoms with van der Waals surface area (Å²) in [7, 11) is 1.70. The van der Waals surface area contributed by atoms with E-state index in [4.69, 9.17) is 10.5 Å². The Morgan fingerprint density at radius 3 is 2.69 bits per heavy atom. The minimum Gasteiger partial charge on any atom is -0.396 e. The second-order valence-electron chi connectivity index (χ2n) is 3.84. The maximum atomic E-state index is 5.96. The van der Waals surface area contributed by atoms with Gasteiger partial charge in [0, 0.05) is 25.9 Å². The Kier molecular flexibility index (Phi) is 5.02. The van der Waals surface area contributed by atoms with E-state index >= 15 is 0 Å². The summed E-state index contributed by atoms with van der Waals surface area (Å²) in [5.74, 6) is 0. The lowest BCUT2D eigenvalue weighted by atomic mass is 10.2. The van der Waals surface area contributed by atoms with Gasteiger partial charge >= 0.3 is 0 Å². The number of aromatic nitrogens is 1. The highest BCUT2D eigenvalue weighted by atomic mass is 79.9. The third-order valence-electron chi connectivity index (χ3n) is 2.35. The fourth-order valence-corrected chi connectivity index (χ4v) is 2.14. The predicted molar refractivity (Wildman–Crippen MR) is 70.7 cm³/mol. The highest BCUT2D eigenvalue weighted by Gasteiger charge is 2.16. The van der Waals surface area contributed by atoms with Gasteiger partial charge in [0.25, 0.3) is 0 Å². The molecule has 0 fully saturated rings. The van der Waals surface area contributed by atoms with Crippen LogP contribution in [0.3, 0.4) is 0 Å². The van der Waals surface area contributed by atoms with Crippen LogP contribution in [-0.4, -0.2) is 31.3 Å². The Balaban J connectivity index is 3.00. The number of anilines is 2. The van der Waals surface area contributed by atoms with Gasteiger partial charge in [-0.2, -0.15) is 0 Å². The Morgan fingerprint density at radius 1 is 1.50 bits per heavy atom. The summed E-state index contributed by atoms with van der Waals surface area (Å²) in [4.78, 5) is 6.24. The molecule has 0 aliphatic heterocycles. The van der Waals surface area contributed by atoms with Crippen LogP contribution < -0.4 is 10.6 Å². The maximum absolute atomic E-state index is 5.96. The van der Waals surface area contributed by atoms with Crippen molar-refractivity contribution >= 4 is 27.3 Å². The van der Waals surface area contributed by atoms with Gasteiger partial charge in [0.15, 0.2) is 0 Å². The molecule has 1 aromatic heterocycles. The molecule has 1 aromatic rings. The van der Waals surface area contributed by atoms with Crippen LogP contribution in [0.1, 0.15) is 13.8 Å². The van der Waals surface area contributed by atoms with Crippen molar-refractivity contribution in [2.24, 2.45) is 0 Å². The van der Waals surface area contributed by atoms with Crippen LogP contribution in [-0.2, 0) is 4.74 Å². The molecule has 4 nitrogen and oxygen atoms in total. The molecule has 1 heterocycles. The molecule has 0 saturated carbocycles. The number of pyridine rings is 1. The molecule has 0 aliphatic rings. The highest BCUT2D eigenvalue weighted by molar-refractivity contribution is 9.10. The molecule has 0 unspecified atom stereocenters. The third-order valence-corrected chi connectivity index (χ3v) is 2.93. The van der Waals surface area contributed by atoms with Gasteiger partial charge in [0.1, 0.15) is 0 Å². The molecule has 16 heavy (non-hydrogen) atoms. The predicted octanol–water partition coefficient (Wildman–Crippen LogP) is 2.29. The van der Waals surface area contributed by atoms with Gasteiger partial charge in [-0.15, -0.1) is 0 Å². The molecule has 0 aromatic carbocycles. The van der Waals surface area contributed by atoms with Crippen molar-refractivity contribution in [3.63, 3.8) is 0 Å². The van der Waals surface area contributed by atoms with Crippen LogP contribution in [0.4, 0.5) is 11.4 Å². The summed E-state index contributed by atoms with van der Waals surface area (Å²) in [6, 6.07) is 0.358. The summed E-state index contributed by atoms with van der Waals surface area (Å²) in [5.41, 5.74) is 7.62. The van der Waals surface area contributed by atoms with E-state index in [2.05, 4.69) is 39.7 Å². The smallest absolute Gasteiger partial charge is 0.0779 e. The van der Waals surface area contributed by atoms with Crippen LogP contribution in [0.25, 0.3) is 0 Å². The zero-order chi connectivity index (χ0) is 12.1. The average molecular weight is 288 g/mol. The first-order chi connectivity index (χ1) is 7.57. The van der Waals surface area contributed by atoms with Crippen molar-refractivity contribution in [3.05, 3.63) is 16.9 Å². The lowest BCUT2D eigenvalue weighted by Gasteiger charge is -2.30. The lowest BCUT2D eigenvalue weighted by Crippen LogP contribution is -2.34. The standard InChI is InChI=1S/C11H18BrN3O/c1-8(2)15(4-5-16-3)11-9(12)6-14-7-10(11)13/h6-8H,4-5,13H2,1-3H3. The molecule has 1 rings (SSSR count). The van der Waals surface area contributed by atoms with Crippen LogP contribution in [0.15, 0.2) is 16.9 Å².